The van der Waals surface area contributed by atoms with Crippen LogP contribution in [0.25, 0.3) is 11.0 Å². The standard InChI is InChI=1S/C25H26ClN5O2S/c1-17-13-21(22-14-28-31(24(22)29-17)16-20-3-2-12-34-20)25(32)27-15-23(30-8-10-33-11-9-30)18-4-6-19(26)7-5-18/h2-7,12-14,23H,8-11,15-16H2,1H3,(H,27,32). The number of amides is 1. The van der Waals surface area contributed by atoms with Gasteiger partial charge < -0.3 is 10.1 Å². The molecule has 1 fully saturated rings. The third kappa shape index (κ3) is 5.00. The van der Waals surface area contributed by atoms with Gasteiger partial charge in [0.25, 0.3) is 5.91 Å². The minimum atomic E-state index is -0.126. The van der Waals surface area contributed by atoms with Crippen molar-refractivity contribution in [2.24, 2.45) is 0 Å². The Morgan fingerprint density at radius 2 is 2.03 bits per heavy atom. The van der Waals surface area contributed by atoms with E-state index in [0.717, 1.165) is 35.4 Å². The number of aryl methyl sites for hydroxylation is 1. The predicted octanol–water partition coefficient (Wildman–Crippen LogP) is 4.31. The predicted molar refractivity (Wildman–Crippen MR) is 135 cm³/mol. The van der Waals surface area contributed by atoms with E-state index in [-0.39, 0.29) is 11.9 Å². The molecule has 1 atom stereocenters. The molecule has 7 nitrogen and oxygen atoms in total. The molecule has 0 saturated carbocycles. The summed E-state index contributed by atoms with van der Waals surface area (Å²) in [5.74, 6) is -0.126. The first-order valence-corrected chi connectivity index (χ1v) is 12.6. The Morgan fingerprint density at radius 1 is 1.24 bits per heavy atom. The first-order valence-electron chi connectivity index (χ1n) is 11.3. The number of benzene rings is 1. The second-order valence-electron chi connectivity index (χ2n) is 8.36. The topological polar surface area (TPSA) is 72.3 Å². The van der Waals surface area contributed by atoms with Gasteiger partial charge in [-0.2, -0.15) is 5.10 Å². The summed E-state index contributed by atoms with van der Waals surface area (Å²) < 4.78 is 7.39. The van der Waals surface area contributed by atoms with Crippen LogP contribution in [0.3, 0.4) is 0 Å². The van der Waals surface area contributed by atoms with Gasteiger partial charge in [-0.05, 0) is 42.1 Å². The highest BCUT2D eigenvalue weighted by Gasteiger charge is 2.24. The van der Waals surface area contributed by atoms with Crippen LogP contribution < -0.4 is 5.32 Å². The monoisotopic (exact) mass is 495 g/mol. The molecule has 176 valence electrons. The number of carbonyl (C=O) groups is 1. The summed E-state index contributed by atoms with van der Waals surface area (Å²) in [5.41, 5.74) is 3.22. The lowest BCUT2D eigenvalue weighted by molar-refractivity contribution is 0.0162. The Hall–Kier alpha value is -2.78. The first kappa shape index (κ1) is 23.0. The molecule has 0 spiro atoms. The van der Waals surface area contributed by atoms with Gasteiger partial charge in [-0.15, -0.1) is 11.3 Å². The van der Waals surface area contributed by atoms with E-state index < -0.39 is 0 Å². The Morgan fingerprint density at radius 3 is 2.76 bits per heavy atom. The number of morpholine rings is 1. The van der Waals surface area contributed by atoms with Gasteiger partial charge in [-0.1, -0.05) is 29.8 Å². The summed E-state index contributed by atoms with van der Waals surface area (Å²) in [6.07, 6.45) is 1.74. The van der Waals surface area contributed by atoms with Crippen molar-refractivity contribution < 1.29 is 9.53 Å². The van der Waals surface area contributed by atoms with Crippen LogP contribution in [0, 0.1) is 6.92 Å². The average molecular weight is 496 g/mol. The van der Waals surface area contributed by atoms with Crippen molar-refractivity contribution >= 4 is 39.9 Å². The molecular weight excluding hydrogens is 470 g/mol. The van der Waals surface area contributed by atoms with Crippen molar-refractivity contribution in [3.8, 4) is 0 Å². The molecule has 1 aliphatic heterocycles. The molecule has 0 aliphatic carbocycles. The summed E-state index contributed by atoms with van der Waals surface area (Å²) in [6, 6.07) is 13.8. The van der Waals surface area contributed by atoms with Gasteiger partial charge in [0.1, 0.15) is 0 Å². The summed E-state index contributed by atoms with van der Waals surface area (Å²) in [7, 11) is 0. The number of rotatable bonds is 7. The zero-order valence-corrected chi connectivity index (χ0v) is 20.5. The van der Waals surface area contributed by atoms with Crippen LogP contribution in [-0.2, 0) is 11.3 Å². The number of pyridine rings is 1. The van der Waals surface area contributed by atoms with Crippen LogP contribution in [0.1, 0.15) is 32.5 Å². The fourth-order valence-corrected chi connectivity index (χ4v) is 5.15. The molecule has 5 rings (SSSR count). The lowest BCUT2D eigenvalue weighted by Gasteiger charge is -2.35. The number of aromatic nitrogens is 3. The molecule has 3 aromatic heterocycles. The molecule has 1 aromatic carbocycles. The fraction of sp³-hybridized carbons (Fsp3) is 0.320. The number of fused-ring (bicyclic) bond motifs is 1. The largest absolute Gasteiger partial charge is 0.379 e. The molecule has 1 saturated heterocycles. The molecule has 1 unspecified atom stereocenters. The lowest BCUT2D eigenvalue weighted by atomic mass is 10.0. The first-order chi connectivity index (χ1) is 16.6. The van der Waals surface area contributed by atoms with Crippen LogP contribution in [0.4, 0.5) is 0 Å². The highest BCUT2D eigenvalue weighted by Crippen LogP contribution is 2.24. The highest BCUT2D eigenvalue weighted by molar-refractivity contribution is 7.09. The van der Waals surface area contributed by atoms with Gasteiger partial charge in [0.2, 0.25) is 0 Å². The SMILES string of the molecule is Cc1cc(C(=O)NCC(c2ccc(Cl)cc2)N2CCOCC2)c2cnn(Cc3cccs3)c2n1. The van der Waals surface area contributed by atoms with Crippen molar-refractivity contribution in [3.05, 3.63) is 80.8 Å². The zero-order valence-electron chi connectivity index (χ0n) is 18.9. The van der Waals surface area contributed by atoms with Crippen LogP contribution in [0.15, 0.2) is 54.0 Å². The van der Waals surface area contributed by atoms with Crippen LogP contribution >= 0.6 is 22.9 Å². The van der Waals surface area contributed by atoms with E-state index in [1.54, 1.807) is 17.5 Å². The van der Waals surface area contributed by atoms with E-state index >= 15 is 0 Å². The number of hydrogen-bond donors (Lipinski definition) is 1. The van der Waals surface area contributed by atoms with Crippen LogP contribution in [-0.4, -0.2) is 58.4 Å². The molecule has 9 heteroatoms. The maximum absolute atomic E-state index is 13.4. The van der Waals surface area contributed by atoms with Crippen molar-refractivity contribution in [2.75, 3.05) is 32.8 Å². The van der Waals surface area contributed by atoms with E-state index in [1.807, 2.05) is 53.4 Å². The number of halogens is 1. The number of thiophene rings is 1. The smallest absolute Gasteiger partial charge is 0.252 e. The fourth-order valence-electron chi connectivity index (χ4n) is 4.34. The second kappa shape index (κ2) is 10.2. The Labute approximate surface area is 207 Å². The van der Waals surface area contributed by atoms with Crippen molar-refractivity contribution in [3.63, 3.8) is 0 Å². The van der Waals surface area contributed by atoms with Crippen molar-refractivity contribution in [1.82, 2.24) is 25.0 Å². The van der Waals surface area contributed by atoms with Crippen molar-refractivity contribution in [2.45, 2.75) is 19.5 Å². The van der Waals surface area contributed by atoms with Crippen molar-refractivity contribution in [1.29, 1.82) is 0 Å². The number of nitrogens with one attached hydrogen (secondary N) is 1. The summed E-state index contributed by atoms with van der Waals surface area (Å²) >= 11 is 7.79. The maximum Gasteiger partial charge on any atom is 0.252 e. The molecule has 0 bridgehead atoms. The maximum atomic E-state index is 13.4. The average Bonchev–Trinajstić information content (AvgIpc) is 3.51. The molecule has 4 heterocycles. The number of ether oxygens (including phenoxy) is 1. The Balaban J connectivity index is 1.38. The number of hydrogen-bond acceptors (Lipinski definition) is 6. The van der Waals surface area contributed by atoms with Gasteiger partial charge in [-0.25, -0.2) is 9.67 Å². The summed E-state index contributed by atoms with van der Waals surface area (Å²) in [4.78, 5) is 21.6. The van der Waals surface area contributed by atoms with E-state index in [0.29, 0.717) is 36.9 Å². The van der Waals surface area contributed by atoms with Gasteiger partial charge >= 0.3 is 0 Å². The Kier molecular flexibility index (Phi) is 6.92. The third-order valence-corrected chi connectivity index (χ3v) is 7.18. The third-order valence-electron chi connectivity index (χ3n) is 6.06. The van der Waals surface area contributed by atoms with Gasteiger partial charge in [0.05, 0.1) is 42.9 Å². The normalized spacial score (nSPS) is 15.5. The molecular formula is C25H26ClN5O2S. The van der Waals surface area contributed by atoms with Gasteiger partial charge in [-0.3, -0.25) is 9.69 Å². The van der Waals surface area contributed by atoms with E-state index in [1.165, 1.54) is 4.88 Å². The van der Waals surface area contributed by atoms with Crippen LogP contribution in [0.5, 0.6) is 0 Å². The summed E-state index contributed by atoms with van der Waals surface area (Å²) in [6.45, 7) is 6.02. The summed E-state index contributed by atoms with van der Waals surface area (Å²) in [5, 5.41) is 11.2. The number of nitrogens with zero attached hydrogens (tertiary/aromatic N) is 4. The van der Waals surface area contributed by atoms with E-state index in [2.05, 4.69) is 26.4 Å². The molecule has 34 heavy (non-hydrogen) atoms. The quantitative estimate of drug-likeness (QED) is 0.413. The Bertz CT molecular complexity index is 1270. The molecule has 0 radical (unpaired) electrons. The lowest BCUT2D eigenvalue weighted by Crippen LogP contribution is -2.43. The molecule has 1 amide bonds. The highest BCUT2D eigenvalue weighted by atomic mass is 35.5. The molecule has 1 N–H and O–H groups in total. The van der Waals surface area contributed by atoms with Gasteiger partial charge in [0, 0.05) is 35.2 Å². The number of carbonyl (C=O) groups excluding carboxylic acids is 1. The molecule has 1 aliphatic rings. The minimum absolute atomic E-state index is 0.0325. The minimum Gasteiger partial charge on any atom is -0.379 e. The zero-order chi connectivity index (χ0) is 23.5. The molecule has 4 aromatic rings. The van der Waals surface area contributed by atoms with E-state index in [4.69, 9.17) is 16.3 Å². The van der Waals surface area contributed by atoms with Crippen LogP contribution in [0.2, 0.25) is 5.02 Å². The van der Waals surface area contributed by atoms with E-state index in [9.17, 15) is 4.79 Å². The van der Waals surface area contributed by atoms with Gasteiger partial charge in [0.15, 0.2) is 5.65 Å². The second-order valence-corrected chi connectivity index (χ2v) is 9.82.